The lowest BCUT2D eigenvalue weighted by atomic mass is 9.83. The molecule has 0 spiro atoms. The Hall–Kier alpha value is -2.48. The highest BCUT2D eigenvalue weighted by Gasteiger charge is 2.39. The van der Waals surface area contributed by atoms with Gasteiger partial charge in [0.25, 0.3) is 0 Å². The summed E-state index contributed by atoms with van der Waals surface area (Å²) < 4.78 is 45.1. The largest absolute Gasteiger partial charge is 0.424 e. The Kier molecular flexibility index (Phi) is 4.28. The first kappa shape index (κ1) is 19.8. The molecule has 0 atom stereocenters. The SMILES string of the molecule is Cc1cc(C(C)(C)C)cc(-c2c3sc4nncn4c3c(C(F)(F)F)c[n+]2C)c1C. The second-order valence-electron chi connectivity index (χ2n) is 8.48. The quantitative estimate of drug-likeness (QED) is 0.389. The zero-order chi connectivity index (χ0) is 21.3. The summed E-state index contributed by atoms with van der Waals surface area (Å²) in [4.78, 5) is 0.444. The first-order valence-electron chi connectivity index (χ1n) is 9.23. The van der Waals surface area contributed by atoms with Gasteiger partial charge in [-0.25, -0.2) is 0 Å². The molecular formula is C21H22F3N4S+. The van der Waals surface area contributed by atoms with E-state index < -0.39 is 11.7 Å². The highest BCUT2D eigenvalue weighted by atomic mass is 32.1. The average Bonchev–Trinajstić information content (AvgIpc) is 3.16. The maximum Gasteiger partial charge on any atom is 0.424 e. The summed E-state index contributed by atoms with van der Waals surface area (Å²) in [5, 5.41) is 7.78. The van der Waals surface area contributed by atoms with Crippen molar-refractivity contribution in [3.63, 3.8) is 0 Å². The lowest BCUT2D eigenvalue weighted by molar-refractivity contribution is -0.660. The molecule has 4 rings (SSSR count). The molecule has 0 radical (unpaired) electrons. The molecule has 0 amide bonds. The minimum absolute atomic E-state index is 0.0786. The van der Waals surface area contributed by atoms with Crippen LogP contribution in [0.2, 0.25) is 0 Å². The van der Waals surface area contributed by atoms with E-state index >= 15 is 0 Å². The highest BCUT2D eigenvalue weighted by molar-refractivity contribution is 7.24. The van der Waals surface area contributed by atoms with E-state index in [1.165, 1.54) is 28.3 Å². The Bertz CT molecular complexity index is 1260. The molecule has 0 bridgehead atoms. The molecular weight excluding hydrogens is 397 g/mol. The van der Waals surface area contributed by atoms with Gasteiger partial charge < -0.3 is 0 Å². The third-order valence-electron chi connectivity index (χ3n) is 5.41. The van der Waals surface area contributed by atoms with E-state index in [2.05, 4.69) is 43.1 Å². The Balaban J connectivity index is 2.17. The fourth-order valence-electron chi connectivity index (χ4n) is 3.65. The summed E-state index contributed by atoms with van der Waals surface area (Å²) in [6.45, 7) is 10.5. The summed E-state index contributed by atoms with van der Waals surface area (Å²) >= 11 is 1.23. The van der Waals surface area contributed by atoms with Crippen LogP contribution >= 0.6 is 11.3 Å². The minimum atomic E-state index is -4.48. The van der Waals surface area contributed by atoms with Crippen molar-refractivity contribution in [3.05, 3.63) is 46.9 Å². The molecule has 1 aromatic carbocycles. The topological polar surface area (TPSA) is 34.1 Å². The van der Waals surface area contributed by atoms with Gasteiger partial charge in [-0.05, 0) is 42.0 Å². The van der Waals surface area contributed by atoms with Crippen molar-refractivity contribution in [3.8, 4) is 11.3 Å². The number of pyridine rings is 1. The van der Waals surface area contributed by atoms with Gasteiger partial charge in [0.05, 0.1) is 11.1 Å². The number of hydrogen-bond acceptors (Lipinski definition) is 3. The number of nitrogens with zero attached hydrogens (tertiary/aromatic N) is 4. The van der Waals surface area contributed by atoms with Gasteiger partial charge in [-0.2, -0.15) is 17.7 Å². The van der Waals surface area contributed by atoms with Crippen LogP contribution in [0, 0.1) is 13.8 Å². The second-order valence-corrected chi connectivity index (χ2v) is 9.46. The van der Waals surface area contributed by atoms with Crippen molar-refractivity contribution in [1.82, 2.24) is 14.6 Å². The van der Waals surface area contributed by atoms with Crippen LogP contribution < -0.4 is 4.57 Å². The average molecular weight is 419 g/mol. The molecule has 29 heavy (non-hydrogen) atoms. The van der Waals surface area contributed by atoms with Crippen LogP contribution in [0.5, 0.6) is 0 Å². The molecule has 152 valence electrons. The van der Waals surface area contributed by atoms with Crippen LogP contribution in [0.3, 0.4) is 0 Å². The maximum absolute atomic E-state index is 13.8. The molecule has 0 aliphatic heterocycles. The molecule has 0 unspecified atom stereocenters. The molecule has 0 saturated carbocycles. The molecule has 0 N–H and O–H groups in total. The fourth-order valence-corrected chi connectivity index (χ4v) is 4.81. The van der Waals surface area contributed by atoms with Gasteiger partial charge in [-0.1, -0.05) is 38.2 Å². The van der Waals surface area contributed by atoms with Gasteiger partial charge >= 0.3 is 6.18 Å². The first-order valence-corrected chi connectivity index (χ1v) is 10.1. The highest BCUT2D eigenvalue weighted by Crippen LogP contribution is 2.42. The smallest absolute Gasteiger partial charge is 0.271 e. The lowest BCUT2D eigenvalue weighted by Gasteiger charge is -2.22. The molecule has 3 heterocycles. The number of hydrogen-bond donors (Lipinski definition) is 0. The van der Waals surface area contributed by atoms with Crippen molar-refractivity contribution in [2.24, 2.45) is 7.05 Å². The molecule has 0 aliphatic carbocycles. The van der Waals surface area contributed by atoms with Gasteiger partial charge in [-0.3, -0.25) is 4.40 Å². The van der Waals surface area contributed by atoms with Crippen LogP contribution in [0.15, 0.2) is 24.7 Å². The first-order chi connectivity index (χ1) is 13.4. The van der Waals surface area contributed by atoms with Crippen LogP contribution in [0.4, 0.5) is 13.2 Å². The summed E-state index contributed by atoms with van der Waals surface area (Å²) in [6.07, 6.45) is -1.97. The van der Waals surface area contributed by atoms with Crippen molar-refractivity contribution < 1.29 is 17.7 Å². The van der Waals surface area contributed by atoms with Gasteiger partial charge in [0.2, 0.25) is 10.7 Å². The van der Waals surface area contributed by atoms with Crippen molar-refractivity contribution in [2.45, 2.75) is 46.2 Å². The molecule has 0 saturated heterocycles. The Morgan fingerprint density at radius 2 is 1.79 bits per heavy atom. The number of rotatable bonds is 1. The van der Waals surface area contributed by atoms with Crippen LogP contribution in [0.1, 0.15) is 43.0 Å². The van der Waals surface area contributed by atoms with E-state index in [9.17, 15) is 13.2 Å². The normalized spacial score (nSPS) is 13.0. The summed E-state index contributed by atoms with van der Waals surface area (Å²) in [5.74, 6) is 0. The van der Waals surface area contributed by atoms with E-state index in [1.807, 2.05) is 13.8 Å². The summed E-state index contributed by atoms with van der Waals surface area (Å²) in [7, 11) is 1.67. The summed E-state index contributed by atoms with van der Waals surface area (Å²) in [5.41, 5.74) is 4.35. The van der Waals surface area contributed by atoms with E-state index in [0.29, 0.717) is 9.66 Å². The van der Waals surface area contributed by atoms with Crippen LogP contribution in [-0.4, -0.2) is 14.6 Å². The Morgan fingerprint density at radius 3 is 2.41 bits per heavy atom. The van der Waals surface area contributed by atoms with Crippen LogP contribution in [0.25, 0.3) is 26.4 Å². The van der Waals surface area contributed by atoms with Gasteiger partial charge in [0.1, 0.15) is 23.6 Å². The van der Waals surface area contributed by atoms with E-state index in [0.717, 1.165) is 27.9 Å². The van der Waals surface area contributed by atoms with Gasteiger partial charge in [-0.15, -0.1) is 10.2 Å². The van der Waals surface area contributed by atoms with Crippen molar-refractivity contribution in [1.29, 1.82) is 0 Å². The molecule has 8 heteroatoms. The van der Waals surface area contributed by atoms with Crippen LogP contribution in [-0.2, 0) is 18.6 Å². The number of benzene rings is 1. The summed E-state index contributed by atoms with van der Waals surface area (Å²) in [6, 6.07) is 4.26. The molecule has 0 aliphatic rings. The zero-order valence-corrected chi connectivity index (χ0v) is 18.0. The predicted molar refractivity (Wildman–Crippen MR) is 108 cm³/mol. The van der Waals surface area contributed by atoms with Gasteiger partial charge in [0, 0.05) is 0 Å². The monoisotopic (exact) mass is 419 g/mol. The standard InChI is InChI=1S/C21H22F3N4S/c1-11-7-13(20(3,4)5)8-14(12(11)2)16-18-17(28-10-25-26-19(28)29-18)15(9-27(16)6)21(22,23)24/h7-10H,1-6H3/q+1. The number of fused-ring (bicyclic) bond motifs is 3. The molecule has 3 aromatic heterocycles. The Morgan fingerprint density at radius 1 is 1.10 bits per heavy atom. The van der Waals surface area contributed by atoms with E-state index in [4.69, 9.17) is 0 Å². The van der Waals surface area contributed by atoms with Crippen molar-refractivity contribution in [2.75, 3.05) is 0 Å². The third-order valence-corrected chi connectivity index (χ3v) is 6.46. The number of aryl methyl sites for hydroxylation is 2. The number of halogens is 3. The fraction of sp³-hybridized carbons (Fsp3) is 0.381. The molecule has 4 nitrogen and oxygen atoms in total. The number of thiazole rings is 1. The van der Waals surface area contributed by atoms with E-state index in [1.54, 1.807) is 11.6 Å². The minimum Gasteiger partial charge on any atom is -0.271 e. The second kappa shape index (κ2) is 6.26. The third kappa shape index (κ3) is 3.10. The molecule has 4 aromatic rings. The predicted octanol–water partition coefficient (Wildman–Crippen LogP) is 5.37. The lowest BCUT2D eigenvalue weighted by Crippen LogP contribution is -2.33. The van der Waals surface area contributed by atoms with Gasteiger partial charge in [0.15, 0.2) is 6.20 Å². The number of aromatic nitrogens is 4. The maximum atomic E-state index is 13.8. The van der Waals surface area contributed by atoms with E-state index in [-0.39, 0.29) is 10.9 Å². The van der Waals surface area contributed by atoms with Crippen molar-refractivity contribution >= 4 is 26.5 Å². The molecule has 0 fully saturated rings. The zero-order valence-electron chi connectivity index (χ0n) is 17.1. The number of alkyl halides is 3. The Labute approximate surface area is 170 Å².